The summed E-state index contributed by atoms with van der Waals surface area (Å²) in [5.74, 6) is -1.63. The van der Waals surface area contributed by atoms with Crippen LogP contribution >= 0.6 is 0 Å². The molecule has 1 saturated heterocycles. The molecule has 0 saturated carbocycles. The van der Waals surface area contributed by atoms with E-state index in [0.717, 1.165) is 22.3 Å². The molecule has 9 nitrogen and oxygen atoms in total. The number of hydrogen-bond donors (Lipinski definition) is 3. The molecule has 3 N–H and O–H groups in total. The Balaban J connectivity index is 1.42. The van der Waals surface area contributed by atoms with Gasteiger partial charge in [-0.2, -0.15) is 0 Å². The molecule has 2 aromatic carbocycles. The summed E-state index contributed by atoms with van der Waals surface area (Å²) in [6, 6.07) is 14.9. The molecule has 2 atom stereocenters. The molecule has 1 aliphatic heterocycles. The van der Waals surface area contributed by atoms with Crippen molar-refractivity contribution in [2.75, 3.05) is 33.4 Å². The first-order valence-corrected chi connectivity index (χ1v) is 11.7. The van der Waals surface area contributed by atoms with E-state index in [4.69, 9.17) is 14.6 Å². The first-order valence-electron chi connectivity index (χ1n) is 11.7. The lowest BCUT2D eigenvalue weighted by atomic mass is 9.98. The van der Waals surface area contributed by atoms with Gasteiger partial charge in [0, 0.05) is 26.0 Å². The number of hydrogen-bond acceptors (Lipinski definition) is 6. The summed E-state index contributed by atoms with van der Waals surface area (Å²) in [5, 5.41) is 21.3. The summed E-state index contributed by atoms with van der Waals surface area (Å²) in [4.78, 5) is 38.5. The van der Waals surface area contributed by atoms with E-state index in [2.05, 4.69) is 5.32 Å². The van der Waals surface area contributed by atoms with Gasteiger partial charge in [0.1, 0.15) is 18.2 Å². The third-order valence-electron chi connectivity index (χ3n) is 6.93. The normalized spacial score (nSPS) is 19.7. The molecule has 35 heavy (non-hydrogen) atoms. The lowest BCUT2D eigenvalue weighted by molar-refractivity contribution is -0.138. The zero-order chi connectivity index (χ0) is 25.0. The predicted octanol–water partition coefficient (Wildman–Crippen LogP) is 2.37. The SMILES string of the molecule is COC1(CO)CCN(C(=O)C(CCC(=O)O)NC(=O)OCC2c3ccccc3-c3ccccc32)C1. The number of nitrogens with one attached hydrogen (secondary N) is 1. The molecular weight excluding hydrogens is 452 g/mol. The molecule has 0 bridgehead atoms. The molecule has 1 heterocycles. The maximum atomic E-state index is 13.1. The maximum Gasteiger partial charge on any atom is 0.407 e. The maximum absolute atomic E-state index is 13.1. The molecule has 1 aliphatic carbocycles. The number of carbonyl (C=O) groups is 3. The van der Waals surface area contributed by atoms with Crippen LogP contribution in [0.15, 0.2) is 48.5 Å². The van der Waals surface area contributed by atoms with Crippen LogP contribution in [0.2, 0.25) is 0 Å². The summed E-state index contributed by atoms with van der Waals surface area (Å²) in [7, 11) is 1.47. The Morgan fingerprint density at radius 1 is 1.11 bits per heavy atom. The van der Waals surface area contributed by atoms with Crippen LogP contribution in [0.5, 0.6) is 0 Å². The van der Waals surface area contributed by atoms with Gasteiger partial charge < -0.3 is 29.9 Å². The third kappa shape index (κ3) is 5.16. The first-order chi connectivity index (χ1) is 16.9. The van der Waals surface area contributed by atoms with Crippen molar-refractivity contribution in [2.24, 2.45) is 0 Å². The highest BCUT2D eigenvalue weighted by Crippen LogP contribution is 2.44. The van der Waals surface area contributed by atoms with Crippen molar-refractivity contribution in [3.8, 4) is 11.1 Å². The average molecular weight is 483 g/mol. The van der Waals surface area contributed by atoms with Gasteiger partial charge in [-0.05, 0) is 35.1 Å². The standard InChI is InChI=1S/C26H30N2O7/c1-34-26(16-29)12-13-28(15-26)24(32)22(10-11-23(30)31)27-25(33)35-14-21-19-8-4-2-6-17(19)18-7-3-5-9-20(18)21/h2-9,21-22,29H,10-16H2,1H3,(H,27,33)(H,30,31). The van der Waals surface area contributed by atoms with E-state index < -0.39 is 29.6 Å². The minimum absolute atomic E-state index is 0.0754. The fraction of sp³-hybridized carbons (Fsp3) is 0.423. The van der Waals surface area contributed by atoms with Crippen molar-refractivity contribution in [2.45, 2.75) is 36.8 Å². The topological polar surface area (TPSA) is 125 Å². The van der Waals surface area contributed by atoms with Crippen LogP contribution in [-0.4, -0.2) is 78.1 Å². The van der Waals surface area contributed by atoms with E-state index in [1.54, 1.807) is 0 Å². The number of aliphatic carboxylic acids is 1. The zero-order valence-corrected chi connectivity index (χ0v) is 19.6. The largest absolute Gasteiger partial charge is 0.481 e. The van der Waals surface area contributed by atoms with Crippen molar-refractivity contribution >= 4 is 18.0 Å². The summed E-state index contributed by atoms with van der Waals surface area (Å²) >= 11 is 0. The Bertz CT molecular complexity index is 1050. The van der Waals surface area contributed by atoms with E-state index in [1.807, 2.05) is 48.5 Å². The van der Waals surface area contributed by atoms with Gasteiger partial charge in [-0.25, -0.2) is 4.79 Å². The van der Waals surface area contributed by atoms with Crippen molar-refractivity contribution in [1.82, 2.24) is 10.2 Å². The Morgan fingerprint density at radius 3 is 2.29 bits per heavy atom. The highest BCUT2D eigenvalue weighted by atomic mass is 16.5. The number of alkyl carbamates (subject to hydrolysis) is 1. The van der Waals surface area contributed by atoms with Crippen LogP contribution < -0.4 is 5.32 Å². The number of carboxylic acids is 1. The zero-order valence-electron chi connectivity index (χ0n) is 19.6. The highest BCUT2D eigenvalue weighted by Gasteiger charge is 2.41. The number of carboxylic acid groups (broad SMARTS) is 1. The molecule has 4 rings (SSSR count). The fourth-order valence-electron chi connectivity index (χ4n) is 4.92. The van der Waals surface area contributed by atoms with Gasteiger partial charge in [0.25, 0.3) is 0 Å². The van der Waals surface area contributed by atoms with E-state index in [-0.39, 0.29) is 38.5 Å². The van der Waals surface area contributed by atoms with Crippen molar-refractivity contribution < 1.29 is 34.1 Å². The van der Waals surface area contributed by atoms with E-state index in [9.17, 15) is 19.5 Å². The van der Waals surface area contributed by atoms with E-state index in [1.165, 1.54) is 12.0 Å². The molecule has 2 unspecified atom stereocenters. The number of aliphatic hydroxyl groups excluding tert-OH is 1. The second-order valence-corrected chi connectivity index (χ2v) is 9.01. The van der Waals surface area contributed by atoms with Crippen molar-refractivity contribution in [1.29, 1.82) is 0 Å². The summed E-state index contributed by atoms with van der Waals surface area (Å²) in [5.41, 5.74) is 3.49. The second-order valence-electron chi connectivity index (χ2n) is 9.01. The molecule has 0 aromatic heterocycles. The number of fused-ring (bicyclic) bond motifs is 3. The van der Waals surface area contributed by atoms with E-state index in [0.29, 0.717) is 13.0 Å². The van der Waals surface area contributed by atoms with Gasteiger partial charge in [-0.15, -0.1) is 0 Å². The minimum Gasteiger partial charge on any atom is -0.481 e. The van der Waals surface area contributed by atoms with Crippen LogP contribution in [0.25, 0.3) is 11.1 Å². The number of amides is 2. The number of aliphatic hydroxyl groups is 1. The van der Waals surface area contributed by atoms with Gasteiger partial charge in [-0.1, -0.05) is 48.5 Å². The molecular formula is C26H30N2O7. The van der Waals surface area contributed by atoms with E-state index >= 15 is 0 Å². The van der Waals surface area contributed by atoms with Crippen LogP contribution in [0.3, 0.4) is 0 Å². The number of nitrogens with zero attached hydrogens (tertiary/aromatic N) is 1. The molecule has 2 amide bonds. The highest BCUT2D eigenvalue weighted by molar-refractivity contribution is 5.86. The Hall–Kier alpha value is -3.43. The smallest absolute Gasteiger partial charge is 0.407 e. The van der Waals surface area contributed by atoms with Gasteiger partial charge in [0.15, 0.2) is 0 Å². The van der Waals surface area contributed by atoms with Crippen LogP contribution in [0, 0.1) is 0 Å². The predicted molar refractivity (Wildman–Crippen MR) is 127 cm³/mol. The lowest BCUT2D eigenvalue weighted by Gasteiger charge is -2.27. The number of carbonyl (C=O) groups excluding carboxylic acids is 2. The quantitative estimate of drug-likeness (QED) is 0.501. The monoisotopic (exact) mass is 482 g/mol. The van der Waals surface area contributed by atoms with Crippen LogP contribution in [0.4, 0.5) is 4.79 Å². The molecule has 0 radical (unpaired) electrons. The number of ether oxygens (including phenoxy) is 2. The third-order valence-corrected chi connectivity index (χ3v) is 6.93. The number of likely N-dealkylation sites (tertiary alicyclic amines) is 1. The Kier molecular flexibility index (Phi) is 7.37. The van der Waals surface area contributed by atoms with Gasteiger partial charge >= 0.3 is 12.1 Å². The van der Waals surface area contributed by atoms with Crippen LogP contribution in [-0.2, 0) is 19.1 Å². The number of benzene rings is 2. The molecule has 0 spiro atoms. The first kappa shape index (κ1) is 24.7. The Morgan fingerprint density at radius 2 is 1.74 bits per heavy atom. The second kappa shape index (κ2) is 10.5. The van der Waals surface area contributed by atoms with Crippen LogP contribution in [0.1, 0.15) is 36.3 Å². The fourth-order valence-corrected chi connectivity index (χ4v) is 4.92. The average Bonchev–Trinajstić information content (AvgIpc) is 3.45. The van der Waals surface area contributed by atoms with Gasteiger partial charge in [0.05, 0.1) is 13.2 Å². The minimum atomic E-state index is -1.07. The molecule has 9 heteroatoms. The Labute approximate surface area is 203 Å². The summed E-state index contributed by atoms with van der Waals surface area (Å²) in [6.07, 6.45) is -0.699. The van der Waals surface area contributed by atoms with Crippen molar-refractivity contribution in [3.63, 3.8) is 0 Å². The molecule has 1 fully saturated rings. The summed E-state index contributed by atoms with van der Waals surface area (Å²) in [6.45, 7) is 0.339. The molecule has 186 valence electrons. The molecule has 2 aromatic rings. The summed E-state index contributed by atoms with van der Waals surface area (Å²) < 4.78 is 10.9. The number of rotatable bonds is 9. The lowest BCUT2D eigenvalue weighted by Crippen LogP contribution is -2.50. The van der Waals surface area contributed by atoms with Gasteiger partial charge in [-0.3, -0.25) is 9.59 Å². The van der Waals surface area contributed by atoms with Gasteiger partial charge in [0.2, 0.25) is 5.91 Å². The van der Waals surface area contributed by atoms with Crippen molar-refractivity contribution in [3.05, 3.63) is 59.7 Å². The molecule has 2 aliphatic rings. The number of methoxy groups -OCH3 is 1.